The SMILES string of the molecule is COC(=O)[C@@H]1CCC[S@]1=O. The van der Waals surface area contributed by atoms with Gasteiger partial charge >= 0.3 is 5.97 Å². The van der Waals surface area contributed by atoms with Crippen LogP contribution in [0.25, 0.3) is 0 Å². The number of ether oxygens (including phenoxy) is 1. The normalized spacial score (nSPS) is 32.1. The molecule has 10 heavy (non-hydrogen) atoms. The van der Waals surface area contributed by atoms with Gasteiger partial charge in [0.1, 0.15) is 5.25 Å². The Morgan fingerprint density at radius 1 is 1.70 bits per heavy atom. The van der Waals surface area contributed by atoms with E-state index >= 15 is 0 Å². The van der Waals surface area contributed by atoms with Crippen molar-refractivity contribution in [3.63, 3.8) is 0 Å². The number of carbonyl (C=O) groups excluding carboxylic acids is 1. The summed E-state index contributed by atoms with van der Waals surface area (Å²) in [4.78, 5) is 10.8. The van der Waals surface area contributed by atoms with Gasteiger partial charge < -0.3 is 4.74 Å². The van der Waals surface area contributed by atoms with Gasteiger partial charge in [0.05, 0.1) is 7.11 Å². The van der Waals surface area contributed by atoms with E-state index in [1.165, 1.54) is 7.11 Å². The van der Waals surface area contributed by atoms with E-state index in [0.717, 1.165) is 12.8 Å². The molecule has 0 aromatic rings. The molecule has 1 heterocycles. The second kappa shape index (κ2) is 3.14. The van der Waals surface area contributed by atoms with E-state index in [0.29, 0.717) is 5.75 Å². The molecule has 0 N–H and O–H groups in total. The fourth-order valence-corrected chi connectivity index (χ4v) is 2.52. The number of esters is 1. The van der Waals surface area contributed by atoms with Gasteiger partial charge in [-0.15, -0.1) is 0 Å². The molecule has 0 spiro atoms. The van der Waals surface area contributed by atoms with Crippen molar-refractivity contribution < 1.29 is 13.7 Å². The number of methoxy groups -OCH3 is 1. The van der Waals surface area contributed by atoms with Crippen molar-refractivity contribution in [3.8, 4) is 0 Å². The van der Waals surface area contributed by atoms with Crippen LogP contribution in [0.3, 0.4) is 0 Å². The summed E-state index contributed by atoms with van der Waals surface area (Å²) in [5.74, 6) is 0.329. The smallest absolute Gasteiger partial charge is 0.321 e. The molecule has 4 heteroatoms. The maximum Gasteiger partial charge on any atom is 0.321 e. The first-order chi connectivity index (χ1) is 4.75. The van der Waals surface area contributed by atoms with Gasteiger partial charge in [0.25, 0.3) is 0 Å². The van der Waals surface area contributed by atoms with Gasteiger partial charge in [-0.1, -0.05) is 0 Å². The lowest BCUT2D eigenvalue weighted by Crippen LogP contribution is -2.22. The van der Waals surface area contributed by atoms with Gasteiger partial charge in [0, 0.05) is 16.6 Å². The number of hydrogen-bond donors (Lipinski definition) is 0. The van der Waals surface area contributed by atoms with Crippen LogP contribution in [0.2, 0.25) is 0 Å². The molecule has 3 nitrogen and oxygen atoms in total. The third kappa shape index (κ3) is 1.37. The maximum absolute atomic E-state index is 11.0. The zero-order valence-electron chi connectivity index (χ0n) is 5.83. The molecule has 0 aromatic carbocycles. The standard InChI is InChI=1S/C6H10O3S/c1-9-6(7)5-3-2-4-10(5)8/h5H,2-4H2,1H3/t5-,10+/m0/s1. The minimum atomic E-state index is -0.965. The van der Waals surface area contributed by atoms with Gasteiger partial charge in [-0.3, -0.25) is 9.00 Å². The zero-order valence-corrected chi connectivity index (χ0v) is 6.65. The van der Waals surface area contributed by atoms with Crippen LogP contribution in [-0.2, 0) is 20.3 Å². The number of carbonyl (C=O) groups is 1. The first kappa shape index (κ1) is 7.72. The highest BCUT2D eigenvalue weighted by Gasteiger charge is 2.30. The van der Waals surface area contributed by atoms with Crippen molar-refractivity contribution in [1.82, 2.24) is 0 Å². The van der Waals surface area contributed by atoms with Crippen LogP contribution in [0.15, 0.2) is 0 Å². The Bertz CT molecular complexity index is 166. The third-order valence-electron chi connectivity index (χ3n) is 1.59. The number of hydrogen-bond acceptors (Lipinski definition) is 3. The summed E-state index contributed by atoms with van der Waals surface area (Å²) in [5.41, 5.74) is 0. The summed E-state index contributed by atoms with van der Waals surface area (Å²) >= 11 is 0. The molecular formula is C6H10O3S. The average Bonchev–Trinajstić information content (AvgIpc) is 2.34. The Kier molecular flexibility index (Phi) is 2.43. The lowest BCUT2D eigenvalue weighted by molar-refractivity contribution is -0.140. The highest BCUT2D eigenvalue weighted by atomic mass is 32.2. The summed E-state index contributed by atoms with van der Waals surface area (Å²) in [6, 6.07) is 0. The van der Waals surface area contributed by atoms with Gasteiger partial charge in [0.15, 0.2) is 0 Å². The van der Waals surface area contributed by atoms with Crippen molar-refractivity contribution in [2.75, 3.05) is 12.9 Å². The molecule has 1 aliphatic rings. The van der Waals surface area contributed by atoms with E-state index < -0.39 is 10.8 Å². The molecule has 0 radical (unpaired) electrons. The molecule has 1 rings (SSSR count). The van der Waals surface area contributed by atoms with Crippen LogP contribution in [0, 0.1) is 0 Å². The molecule has 0 saturated carbocycles. The average molecular weight is 162 g/mol. The highest BCUT2D eigenvalue weighted by Crippen LogP contribution is 2.16. The van der Waals surface area contributed by atoms with Crippen molar-refractivity contribution >= 4 is 16.8 Å². The van der Waals surface area contributed by atoms with Crippen molar-refractivity contribution in [2.45, 2.75) is 18.1 Å². The van der Waals surface area contributed by atoms with Gasteiger partial charge in [-0.05, 0) is 12.8 Å². The van der Waals surface area contributed by atoms with E-state index in [1.807, 2.05) is 0 Å². The lowest BCUT2D eigenvalue weighted by atomic mass is 10.2. The van der Waals surface area contributed by atoms with Crippen LogP contribution in [0.5, 0.6) is 0 Å². The van der Waals surface area contributed by atoms with Crippen molar-refractivity contribution in [3.05, 3.63) is 0 Å². The fraction of sp³-hybridized carbons (Fsp3) is 0.833. The van der Waals surface area contributed by atoms with Gasteiger partial charge in [0.2, 0.25) is 0 Å². The molecule has 1 aliphatic heterocycles. The molecular weight excluding hydrogens is 152 g/mol. The van der Waals surface area contributed by atoms with Crippen molar-refractivity contribution in [1.29, 1.82) is 0 Å². The molecule has 0 bridgehead atoms. The largest absolute Gasteiger partial charge is 0.468 e. The molecule has 0 amide bonds. The molecule has 58 valence electrons. The van der Waals surface area contributed by atoms with E-state index in [-0.39, 0.29) is 11.2 Å². The Labute approximate surface area is 62.2 Å². The van der Waals surface area contributed by atoms with Crippen LogP contribution in [-0.4, -0.2) is 28.3 Å². The summed E-state index contributed by atoms with van der Waals surface area (Å²) < 4.78 is 15.5. The summed E-state index contributed by atoms with van der Waals surface area (Å²) in [6.07, 6.45) is 1.60. The van der Waals surface area contributed by atoms with Crippen LogP contribution >= 0.6 is 0 Å². The van der Waals surface area contributed by atoms with E-state index in [4.69, 9.17) is 0 Å². The van der Waals surface area contributed by atoms with Crippen LogP contribution in [0.4, 0.5) is 0 Å². The first-order valence-corrected chi connectivity index (χ1v) is 4.59. The Morgan fingerprint density at radius 3 is 2.80 bits per heavy atom. The first-order valence-electron chi connectivity index (χ1n) is 3.20. The second-order valence-electron chi connectivity index (χ2n) is 2.24. The second-order valence-corrected chi connectivity index (χ2v) is 3.98. The minimum absolute atomic E-state index is 0.323. The van der Waals surface area contributed by atoms with E-state index in [9.17, 15) is 9.00 Å². The van der Waals surface area contributed by atoms with Crippen molar-refractivity contribution in [2.24, 2.45) is 0 Å². The van der Waals surface area contributed by atoms with Gasteiger partial charge in [-0.25, -0.2) is 0 Å². The Balaban J connectivity index is 2.55. The minimum Gasteiger partial charge on any atom is -0.468 e. The topological polar surface area (TPSA) is 43.4 Å². The molecule has 0 aromatic heterocycles. The molecule has 0 unspecified atom stereocenters. The van der Waals surface area contributed by atoms with Crippen LogP contribution in [0.1, 0.15) is 12.8 Å². The molecule has 1 fully saturated rings. The summed E-state index contributed by atoms with van der Waals surface area (Å²) in [7, 11) is 0.366. The Hall–Kier alpha value is -0.380. The zero-order chi connectivity index (χ0) is 7.56. The summed E-state index contributed by atoms with van der Waals surface area (Å²) in [5, 5.41) is -0.343. The number of rotatable bonds is 1. The predicted molar refractivity (Wildman–Crippen MR) is 38.0 cm³/mol. The third-order valence-corrected chi connectivity index (χ3v) is 3.35. The fourth-order valence-electron chi connectivity index (χ4n) is 1.04. The molecule has 0 aliphatic carbocycles. The van der Waals surface area contributed by atoms with Gasteiger partial charge in [-0.2, -0.15) is 0 Å². The monoisotopic (exact) mass is 162 g/mol. The maximum atomic E-state index is 11.0. The Morgan fingerprint density at radius 2 is 2.40 bits per heavy atom. The lowest BCUT2D eigenvalue weighted by Gasteiger charge is -2.03. The highest BCUT2D eigenvalue weighted by molar-refractivity contribution is 7.86. The predicted octanol–water partition coefficient (Wildman–Crippen LogP) is 0.0705. The molecule has 2 atom stereocenters. The van der Waals surface area contributed by atoms with Crippen LogP contribution < -0.4 is 0 Å². The quantitative estimate of drug-likeness (QED) is 0.512. The summed E-state index contributed by atoms with van der Waals surface area (Å²) in [6.45, 7) is 0. The molecule has 1 saturated heterocycles. The van der Waals surface area contributed by atoms with E-state index in [2.05, 4.69) is 4.74 Å². The van der Waals surface area contributed by atoms with E-state index in [1.54, 1.807) is 0 Å².